The van der Waals surface area contributed by atoms with E-state index in [1.54, 1.807) is 0 Å². The molecule has 1 saturated heterocycles. The van der Waals surface area contributed by atoms with Crippen molar-refractivity contribution in [2.75, 3.05) is 31.6 Å². The number of ether oxygens (including phenoxy) is 2. The van der Waals surface area contributed by atoms with Gasteiger partial charge in [-0.15, -0.1) is 0 Å². The maximum atomic E-state index is 5.99. The Kier molecular flexibility index (Phi) is 4.38. The summed E-state index contributed by atoms with van der Waals surface area (Å²) in [5.41, 5.74) is 2.06. The zero-order chi connectivity index (χ0) is 18.1. The highest BCUT2D eigenvalue weighted by molar-refractivity contribution is 5.77. The molecule has 3 aromatic rings. The number of hydrogen-bond acceptors (Lipinski definition) is 5. The van der Waals surface area contributed by atoms with Gasteiger partial charge < -0.3 is 19.2 Å². The van der Waals surface area contributed by atoms with Crippen LogP contribution in [0.15, 0.2) is 52.9 Å². The van der Waals surface area contributed by atoms with E-state index in [2.05, 4.69) is 34.5 Å². The Hall–Kier alpha value is -2.66. The van der Waals surface area contributed by atoms with Gasteiger partial charge in [0.15, 0.2) is 11.5 Å². The van der Waals surface area contributed by atoms with Crippen LogP contribution in [-0.4, -0.2) is 37.2 Å². The molecule has 3 heterocycles. The summed E-state index contributed by atoms with van der Waals surface area (Å²) in [6, 6.07) is 16.9. The van der Waals surface area contributed by atoms with Crippen LogP contribution in [0.25, 0.3) is 11.0 Å². The Morgan fingerprint density at radius 3 is 2.81 bits per heavy atom. The first-order chi connectivity index (χ1) is 13.3. The lowest BCUT2D eigenvalue weighted by molar-refractivity contribution is 0.171. The van der Waals surface area contributed by atoms with Crippen LogP contribution in [0.2, 0.25) is 0 Å². The Balaban J connectivity index is 1.24. The predicted molar refractivity (Wildman–Crippen MR) is 106 cm³/mol. The van der Waals surface area contributed by atoms with Crippen LogP contribution in [0, 0.1) is 0 Å². The molecule has 2 aliphatic rings. The highest BCUT2D eigenvalue weighted by Crippen LogP contribution is 2.33. The van der Waals surface area contributed by atoms with Crippen molar-refractivity contribution in [3.8, 4) is 11.5 Å². The summed E-state index contributed by atoms with van der Waals surface area (Å²) in [7, 11) is 0. The van der Waals surface area contributed by atoms with Crippen LogP contribution in [0.1, 0.15) is 18.6 Å². The normalized spacial score (nSPS) is 19.9. The molecule has 27 heavy (non-hydrogen) atoms. The third-order valence-electron chi connectivity index (χ3n) is 5.27. The molecule has 0 spiro atoms. The Bertz CT molecular complexity index is 903. The first-order valence-corrected chi connectivity index (χ1v) is 9.69. The standard InChI is InChI=1S/C22H24N2O3/c1-2-6-20-16(4-1)12-19(27-20)15-24-9-3-5-18(14-24)23-17-7-8-21-22(13-17)26-11-10-25-21/h1-2,4,6-8,12-13,18,23H,3,5,9-11,14-15H2/t18-/m0/s1. The van der Waals surface area contributed by atoms with Gasteiger partial charge in [-0.1, -0.05) is 18.2 Å². The molecule has 0 saturated carbocycles. The topological polar surface area (TPSA) is 46.9 Å². The molecular weight excluding hydrogens is 340 g/mol. The second-order valence-corrected chi connectivity index (χ2v) is 7.33. The number of hydrogen-bond donors (Lipinski definition) is 1. The molecule has 1 aromatic heterocycles. The van der Waals surface area contributed by atoms with Crippen molar-refractivity contribution in [1.82, 2.24) is 4.90 Å². The summed E-state index contributed by atoms with van der Waals surface area (Å²) >= 11 is 0. The molecule has 0 amide bonds. The predicted octanol–water partition coefficient (Wildman–Crippen LogP) is 4.28. The number of likely N-dealkylation sites (tertiary alicyclic amines) is 1. The molecule has 140 valence electrons. The fourth-order valence-electron chi connectivity index (χ4n) is 4.02. The fourth-order valence-corrected chi connectivity index (χ4v) is 4.02. The number of fused-ring (bicyclic) bond motifs is 2. The van der Waals surface area contributed by atoms with Gasteiger partial charge in [-0.25, -0.2) is 0 Å². The quantitative estimate of drug-likeness (QED) is 0.749. The Morgan fingerprint density at radius 2 is 1.89 bits per heavy atom. The van der Waals surface area contributed by atoms with Gasteiger partial charge in [0.05, 0.1) is 6.54 Å². The van der Waals surface area contributed by atoms with Crippen LogP contribution in [-0.2, 0) is 6.54 Å². The first kappa shape index (κ1) is 16.5. The van der Waals surface area contributed by atoms with Crippen LogP contribution in [0.4, 0.5) is 5.69 Å². The van der Waals surface area contributed by atoms with Gasteiger partial charge >= 0.3 is 0 Å². The largest absolute Gasteiger partial charge is 0.486 e. The first-order valence-electron chi connectivity index (χ1n) is 9.69. The molecule has 1 fully saturated rings. The smallest absolute Gasteiger partial charge is 0.163 e. The zero-order valence-electron chi connectivity index (χ0n) is 15.3. The molecule has 0 bridgehead atoms. The molecule has 0 aliphatic carbocycles. The van der Waals surface area contributed by atoms with Gasteiger partial charge in [-0.2, -0.15) is 0 Å². The maximum Gasteiger partial charge on any atom is 0.163 e. The minimum Gasteiger partial charge on any atom is -0.486 e. The van der Waals surface area contributed by atoms with Crippen molar-refractivity contribution in [3.05, 3.63) is 54.3 Å². The number of nitrogens with zero attached hydrogens (tertiary/aromatic N) is 1. The number of para-hydroxylation sites is 1. The summed E-state index contributed by atoms with van der Waals surface area (Å²) in [6.07, 6.45) is 2.35. The van der Waals surface area contributed by atoms with E-state index in [1.807, 2.05) is 24.3 Å². The minimum absolute atomic E-state index is 0.422. The summed E-state index contributed by atoms with van der Waals surface area (Å²) < 4.78 is 17.3. The van der Waals surface area contributed by atoms with Crippen LogP contribution < -0.4 is 14.8 Å². The average molecular weight is 364 g/mol. The van der Waals surface area contributed by atoms with Crippen molar-refractivity contribution in [1.29, 1.82) is 0 Å². The molecule has 1 atom stereocenters. The van der Waals surface area contributed by atoms with E-state index in [1.165, 1.54) is 18.2 Å². The zero-order valence-corrected chi connectivity index (χ0v) is 15.3. The number of benzene rings is 2. The SMILES string of the molecule is c1ccc2oc(CN3CCC[C@H](Nc4ccc5c(c4)OCCO5)C3)cc2c1. The van der Waals surface area contributed by atoms with Crippen LogP contribution >= 0.6 is 0 Å². The van der Waals surface area contributed by atoms with E-state index in [0.29, 0.717) is 19.3 Å². The summed E-state index contributed by atoms with van der Waals surface area (Å²) in [5.74, 6) is 2.71. The van der Waals surface area contributed by atoms with E-state index < -0.39 is 0 Å². The average Bonchev–Trinajstić information content (AvgIpc) is 3.10. The molecule has 2 aromatic carbocycles. The number of anilines is 1. The van der Waals surface area contributed by atoms with Gasteiger partial charge in [-0.05, 0) is 43.7 Å². The van der Waals surface area contributed by atoms with E-state index in [0.717, 1.165) is 48.2 Å². The van der Waals surface area contributed by atoms with Crippen LogP contribution in [0.3, 0.4) is 0 Å². The monoisotopic (exact) mass is 364 g/mol. The van der Waals surface area contributed by atoms with Crippen molar-refractivity contribution in [2.24, 2.45) is 0 Å². The van der Waals surface area contributed by atoms with E-state index in [-0.39, 0.29) is 0 Å². The van der Waals surface area contributed by atoms with E-state index >= 15 is 0 Å². The summed E-state index contributed by atoms with van der Waals surface area (Å²) in [4.78, 5) is 2.47. The molecule has 0 unspecified atom stereocenters. The van der Waals surface area contributed by atoms with Gasteiger partial charge in [-0.3, -0.25) is 4.90 Å². The molecular formula is C22H24N2O3. The lowest BCUT2D eigenvalue weighted by atomic mass is 10.0. The van der Waals surface area contributed by atoms with Crippen molar-refractivity contribution in [2.45, 2.75) is 25.4 Å². The summed E-state index contributed by atoms with van der Waals surface area (Å²) in [6.45, 7) is 4.21. The highest BCUT2D eigenvalue weighted by atomic mass is 16.6. The van der Waals surface area contributed by atoms with E-state index in [4.69, 9.17) is 13.9 Å². The van der Waals surface area contributed by atoms with E-state index in [9.17, 15) is 0 Å². The summed E-state index contributed by atoms with van der Waals surface area (Å²) in [5, 5.41) is 4.84. The highest BCUT2D eigenvalue weighted by Gasteiger charge is 2.21. The fraction of sp³-hybridized carbons (Fsp3) is 0.364. The van der Waals surface area contributed by atoms with Gasteiger partial charge in [0.25, 0.3) is 0 Å². The molecule has 1 N–H and O–H groups in total. The Morgan fingerprint density at radius 1 is 1.00 bits per heavy atom. The number of piperidine rings is 1. The Labute approximate surface area is 158 Å². The van der Waals surface area contributed by atoms with Crippen molar-refractivity contribution in [3.63, 3.8) is 0 Å². The third kappa shape index (κ3) is 3.60. The lowest BCUT2D eigenvalue weighted by Gasteiger charge is -2.33. The second-order valence-electron chi connectivity index (χ2n) is 7.33. The maximum absolute atomic E-state index is 5.99. The van der Waals surface area contributed by atoms with Gasteiger partial charge in [0.2, 0.25) is 0 Å². The third-order valence-corrected chi connectivity index (χ3v) is 5.27. The second kappa shape index (κ2) is 7.16. The molecule has 2 aliphatic heterocycles. The minimum atomic E-state index is 0.422. The van der Waals surface area contributed by atoms with Crippen LogP contribution in [0.5, 0.6) is 11.5 Å². The molecule has 5 rings (SSSR count). The van der Waals surface area contributed by atoms with Gasteiger partial charge in [0.1, 0.15) is 24.6 Å². The number of furan rings is 1. The van der Waals surface area contributed by atoms with Crippen molar-refractivity contribution < 1.29 is 13.9 Å². The molecule has 5 nitrogen and oxygen atoms in total. The number of nitrogens with one attached hydrogen (secondary N) is 1. The molecule has 5 heteroatoms. The number of rotatable bonds is 4. The molecule has 0 radical (unpaired) electrons. The lowest BCUT2D eigenvalue weighted by Crippen LogP contribution is -2.41. The van der Waals surface area contributed by atoms with Crippen molar-refractivity contribution >= 4 is 16.7 Å². The van der Waals surface area contributed by atoms with Gasteiger partial charge in [0, 0.05) is 29.7 Å².